The SMILES string of the molecule is ClCC1(Cc2sccc2Cl)CC2CC2C1. The second kappa shape index (κ2) is 3.65. The van der Waals surface area contributed by atoms with E-state index in [0.29, 0.717) is 5.41 Å². The topological polar surface area (TPSA) is 0 Å². The van der Waals surface area contributed by atoms with E-state index in [1.165, 1.54) is 24.1 Å². The molecule has 2 aliphatic rings. The van der Waals surface area contributed by atoms with Crippen molar-refractivity contribution < 1.29 is 0 Å². The van der Waals surface area contributed by atoms with Crippen molar-refractivity contribution in [3.05, 3.63) is 21.3 Å². The second-order valence-corrected chi connectivity index (χ2v) is 6.84. The lowest BCUT2D eigenvalue weighted by Crippen LogP contribution is -2.23. The highest BCUT2D eigenvalue weighted by Gasteiger charge is 2.53. The van der Waals surface area contributed by atoms with Gasteiger partial charge in [-0.3, -0.25) is 0 Å². The molecule has 2 saturated carbocycles. The molecule has 1 aromatic rings. The lowest BCUT2D eigenvalue weighted by Gasteiger charge is -2.28. The van der Waals surface area contributed by atoms with Crippen LogP contribution in [0.3, 0.4) is 0 Å². The molecule has 2 atom stereocenters. The van der Waals surface area contributed by atoms with Crippen LogP contribution in [0.15, 0.2) is 11.4 Å². The number of halogens is 2. The second-order valence-electron chi connectivity index (χ2n) is 5.17. The molecule has 15 heavy (non-hydrogen) atoms. The fraction of sp³-hybridized carbons (Fsp3) is 0.667. The van der Waals surface area contributed by atoms with E-state index in [1.54, 1.807) is 11.3 Å². The highest BCUT2D eigenvalue weighted by Crippen LogP contribution is 2.61. The Labute approximate surface area is 105 Å². The molecule has 2 fully saturated rings. The summed E-state index contributed by atoms with van der Waals surface area (Å²) in [6, 6.07) is 2.00. The normalized spacial score (nSPS) is 38.0. The highest BCUT2D eigenvalue weighted by atomic mass is 35.5. The summed E-state index contributed by atoms with van der Waals surface area (Å²) in [5.41, 5.74) is 0.365. The van der Waals surface area contributed by atoms with Crippen LogP contribution in [0.5, 0.6) is 0 Å². The van der Waals surface area contributed by atoms with Crippen LogP contribution in [0.2, 0.25) is 5.02 Å². The Morgan fingerprint density at radius 1 is 1.40 bits per heavy atom. The van der Waals surface area contributed by atoms with E-state index in [9.17, 15) is 0 Å². The maximum atomic E-state index is 6.18. The van der Waals surface area contributed by atoms with Crippen LogP contribution in [-0.4, -0.2) is 5.88 Å². The number of hydrogen-bond acceptors (Lipinski definition) is 1. The molecule has 0 aromatic carbocycles. The zero-order valence-corrected chi connectivity index (χ0v) is 10.8. The van der Waals surface area contributed by atoms with Gasteiger partial charge in [-0.15, -0.1) is 22.9 Å². The Hall–Kier alpha value is 0.280. The Balaban J connectivity index is 1.78. The molecule has 3 heteroatoms. The fourth-order valence-electron chi connectivity index (χ4n) is 3.10. The van der Waals surface area contributed by atoms with E-state index in [1.807, 2.05) is 6.07 Å². The van der Waals surface area contributed by atoms with Crippen molar-refractivity contribution >= 4 is 34.5 Å². The molecule has 0 saturated heterocycles. The van der Waals surface area contributed by atoms with Crippen molar-refractivity contribution in [3.63, 3.8) is 0 Å². The number of fused-ring (bicyclic) bond motifs is 1. The highest BCUT2D eigenvalue weighted by molar-refractivity contribution is 7.10. The third kappa shape index (κ3) is 1.83. The fourth-order valence-corrected chi connectivity index (χ4v) is 4.69. The van der Waals surface area contributed by atoms with E-state index in [4.69, 9.17) is 23.2 Å². The summed E-state index contributed by atoms with van der Waals surface area (Å²) < 4.78 is 0. The van der Waals surface area contributed by atoms with Crippen LogP contribution in [0, 0.1) is 17.3 Å². The molecule has 1 aromatic heterocycles. The van der Waals surface area contributed by atoms with Crippen LogP contribution < -0.4 is 0 Å². The van der Waals surface area contributed by atoms with Crippen LogP contribution in [0.4, 0.5) is 0 Å². The first-order valence-electron chi connectivity index (χ1n) is 5.50. The van der Waals surface area contributed by atoms with Gasteiger partial charge in [-0.1, -0.05) is 11.6 Å². The number of alkyl halides is 1. The zero-order valence-electron chi connectivity index (χ0n) is 8.51. The van der Waals surface area contributed by atoms with Crippen molar-refractivity contribution in [1.82, 2.24) is 0 Å². The minimum atomic E-state index is 0.365. The molecule has 0 bridgehead atoms. The molecule has 2 aliphatic carbocycles. The van der Waals surface area contributed by atoms with E-state index in [2.05, 4.69) is 5.38 Å². The van der Waals surface area contributed by atoms with Gasteiger partial charge in [0.1, 0.15) is 0 Å². The minimum absolute atomic E-state index is 0.365. The largest absolute Gasteiger partial charge is 0.147 e. The van der Waals surface area contributed by atoms with Crippen molar-refractivity contribution in [2.45, 2.75) is 25.7 Å². The van der Waals surface area contributed by atoms with Crippen LogP contribution in [0.25, 0.3) is 0 Å². The van der Waals surface area contributed by atoms with Gasteiger partial charge in [0.25, 0.3) is 0 Å². The zero-order chi connectivity index (χ0) is 10.5. The van der Waals surface area contributed by atoms with Gasteiger partial charge < -0.3 is 0 Å². The predicted octanol–water partition coefficient (Wildman–Crippen LogP) is 4.60. The third-order valence-electron chi connectivity index (χ3n) is 3.97. The van der Waals surface area contributed by atoms with E-state index in [-0.39, 0.29) is 0 Å². The Morgan fingerprint density at radius 2 is 2.13 bits per heavy atom. The van der Waals surface area contributed by atoms with Crippen molar-refractivity contribution in [2.24, 2.45) is 17.3 Å². The van der Waals surface area contributed by atoms with Gasteiger partial charge in [0.2, 0.25) is 0 Å². The summed E-state index contributed by atoms with van der Waals surface area (Å²) in [6.45, 7) is 0. The number of hydrogen-bond donors (Lipinski definition) is 0. The van der Waals surface area contributed by atoms with Gasteiger partial charge in [0.15, 0.2) is 0 Å². The molecular formula is C12H14Cl2S. The summed E-state index contributed by atoms with van der Waals surface area (Å²) in [5.74, 6) is 2.78. The van der Waals surface area contributed by atoms with Gasteiger partial charge in [-0.25, -0.2) is 0 Å². The molecule has 0 N–H and O–H groups in total. The maximum Gasteiger partial charge on any atom is 0.0545 e. The molecule has 1 heterocycles. The quantitative estimate of drug-likeness (QED) is 0.697. The molecule has 0 aliphatic heterocycles. The Kier molecular flexibility index (Phi) is 2.54. The van der Waals surface area contributed by atoms with Gasteiger partial charge in [0.05, 0.1) is 5.02 Å². The summed E-state index contributed by atoms with van der Waals surface area (Å²) in [6.07, 6.45) is 5.21. The van der Waals surface area contributed by atoms with E-state index >= 15 is 0 Å². The minimum Gasteiger partial charge on any atom is -0.147 e. The van der Waals surface area contributed by atoms with Gasteiger partial charge in [-0.2, -0.15) is 0 Å². The monoisotopic (exact) mass is 260 g/mol. The average Bonchev–Trinajstić information content (AvgIpc) is 2.66. The first kappa shape index (κ1) is 10.4. The lowest BCUT2D eigenvalue weighted by molar-refractivity contribution is 0.305. The van der Waals surface area contributed by atoms with Crippen molar-refractivity contribution in [3.8, 4) is 0 Å². The van der Waals surface area contributed by atoms with Crippen molar-refractivity contribution in [2.75, 3.05) is 5.88 Å². The Bertz CT molecular complexity index is 361. The Morgan fingerprint density at radius 3 is 2.67 bits per heavy atom. The van der Waals surface area contributed by atoms with E-state index < -0.39 is 0 Å². The standard InChI is InChI=1S/C12H14Cl2S/c13-7-12(4-8-3-9(8)5-12)6-11-10(14)1-2-15-11/h1-2,8-9H,3-7H2. The molecule has 0 amide bonds. The molecule has 0 radical (unpaired) electrons. The van der Waals surface area contributed by atoms with Crippen molar-refractivity contribution in [1.29, 1.82) is 0 Å². The van der Waals surface area contributed by atoms with E-state index in [0.717, 1.165) is 29.2 Å². The molecule has 3 rings (SSSR count). The molecular weight excluding hydrogens is 247 g/mol. The summed E-state index contributed by atoms with van der Waals surface area (Å²) in [4.78, 5) is 1.33. The van der Waals surface area contributed by atoms with Gasteiger partial charge in [-0.05, 0) is 54.4 Å². The maximum absolute atomic E-state index is 6.18. The van der Waals surface area contributed by atoms with Crippen LogP contribution in [0.1, 0.15) is 24.1 Å². The van der Waals surface area contributed by atoms with Crippen LogP contribution >= 0.6 is 34.5 Å². The average molecular weight is 261 g/mol. The molecule has 0 spiro atoms. The number of thiophene rings is 1. The summed E-state index contributed by atoms with van der Waals surface area (Å²) in [7, 11) is 0. The summed E-state index contributed by atoms with van der Waals surface area (Å²) in [5, 5.41) is 3.01. The van der Waals surface area contributed by atoms with Crippen LogP contribution in [-0.2, 0) is 6.42 Å². The predicted molar refractivity (Wildman–Crippen MR) is 67.0 cm³/mol. The van der Waals surface area contributed by atoms with Gasteiger partial charge >= 0.3 is 0 Å². The van der Waals surface area contributed by atoms with Gasteiger partial charge in [0, 0.05) is 10.8 Å². The smallest absolute Gasteiger partial charge is 0.0545 e. The number of rotatable bonds is 3. The summed E-state index contributed by atoms with van der Waals surface area (Å²) >= 11 is 14.1. The first-order valence-corrected chi connectivity index (χ1v) is 7.29. The molecule has 0 nitrogen and oxygen atoms in total. The molecule has 82 valence electrons. The molecule has 2 unspecified atom stereocenters. The first-order chi connectivity index (χ1) is 7.22. The lowest BCUT2D eigenvalue weighted by atomic mass is 9.81. The third-order valence-corrected chi connectivity index (χ3v) is 5.92.